The van der Waals surface area contributed by atoms with Gasteiger partial charge < -0.3 is 15.0 Å². The molecule has 0 fully saturated rings. The van der Waals surface area contributed by atoms with E-state index >= 15 is 0 Å². The standard InChI is InChI=1S/C16H27N3O/c1-5-19(13(2)11-18(3)4)12-14-10-17-15-8-6-7-9-16(15)20-14/h6-9,13-14,17H,5,10-12H2,1-4H3. The lowest BCUT2D eigenvalue weighted by atomic mass is 10.2. The summed E-state index contributed by atoms with van der Waals surface area (Å²) in [6.07, 6.45) is 0.217. The lowest BCUT2D eigenvalue weighted by Crippen LogP contribution is -2.47. The Morgan fingerprint density at radius 3 is 2.80 bits per heavy atom. The van der Waals surface area contributed by atoms with Gasteiger partial charge in [0.15, 0.2) is 0 Å². The van der Waals surface area contributed by atoms with Crippen molar-refractivity contribution in [2.45, 2.75) is 26.0 Å². The molecule has 0 radical (unpaired) electrons. The highest BCUT2D eigenvalue weighted by Gasteiger charge is 2.23. The van der Waals surface area contributed by atoms with Gasteiger partial charge in [-0.05, 0) is 39.7 Å². The Balaban J connectivity index is 1.93. The highest BCUT2D eigenvalue weighted by Crippen LogP contribution is 2.28. The molecule has 0 bridgehead atoms. The molecule has 1 aliphatic heterocycles. The molecule has 1 N–H and O–H groups in total. The van der Waals surface area contributed by atoms with Crippen molar-refractivity contribution < 1.29 is 4.74 Å². The number of para-hydroxylation sites is 2. The summed E-state index contributed by atoms with van der Waals surface area (Å²) in [4.78, 5) is 4.73. The van der Waals surface area contributed by atoms with Crippen LogP contribution in [0.1, 0.15) is 13.8 Å². The van der Waals surface area contributed by atoms with E-state index in [1.165, 1.54) is 0 Å². The summed E-state index contributed by atoms with van der Waals surface area (Å²) < 4.78 is 6.10. The third-order valence-electron chi connectivity index (χ3n) is 3.80. The van der Waals surface area contributed by atoms with Crippen LogP contribution in [-0.2, 0) is 0 Å². The molecule has 0 saturated heterocycles. The molecule has 1 aromatic carbocycles. The fraction of sp³-hybridized carbons (Fsp3) is 0.625. The van der Waals surface area contributed by atoms with Gasteiger partial charge in [0, 0.05) is 19.1 Å². The zero-order chi connectivity index (χ0) is 14.5. The van der Waals surface area contributed by atoms with Gasteiger partial charge in [0.05, 0.1) is 12.2 Å². The third kappa shape index (κ3) is 3.87. The molecule has 2 unspecified atom stereocenters. The Bertz CT molecular complexity index is 422. The lowest BCUT2D eigenvalue weighted by molar-refractivity contribution is 0.104. The first-order chi connectivity index (χ1) is 9.60. The predicted molar refractivity (Wildman–Crippen MR) is 84.6 cm³/mol. The van der Waals surface area contributed by atoms with E-state index in [4.69, 9.17) is 4.74 Å². The molecule has 20 heavy (non-hydrogen) atoms. The first-order valence-corrected chi connectivity index (χ1v) is 7.48. The van der Waals surface area contributed by atoms with Crippen molar-refractivity contribution in [3.05, 3.63) is 24.3 Å². The fourth-order valence-corrected chi connectivity index (χ4v) is 2.79. The quantitative estimate of drug-likeness (QED) is 0.862. The van der Waals surface area contributed by atoms with Crippen LogP contribution in [0, 0.1) is 0 Å². The Hall–Kier alpha value is -1.26. The maximum absolute atomic E-state index is 6.10. The van der Waals surface area contributed by atoms with Gasteiger partial charge in [-0.3, -0.25) is 4.90 Å². The summed E-state index contributed by atoms with van der Waals surface area (Å²) in [5, 5.41) is 3.46. The van der Waals surface area contributed by atoms with E-state index in [-0.39, 0.29) is 6.10 Å². The number of anilines is 1. The minimum Gasteiger partial charge on any atom is -0.485 e. The van der Waals surface area contributed by atoms with Gasteiger partial charge in [-0.1, -0.05) is 19.1 Å². The first kappa shape index (κ1) is 15.1. The van der Waals surface area contributed by atoms with Crippen LogP contribution < -0.4 is 10.1 Å². The van der Waals surface area contributed by atoms with E-state index in [0.29, 0.717) is 6.04 Å². The summed E-state index contributed by atoms with van der Waals surface area (Å²) in [6, 6.07) is 8.70. The molecule has 0 aliphatic carbocycles. The van der Waals surface area contributed by atoms with Gasteiger partial charge in [0.25, 0.3) is 0 Å². The highest BCUT2D eigenvalue weighted by molar-refractivity contribution is 5.57. The van der Waals surface area contributed by atoms with Crippen molar-refractivity contribution >= 4 is 5.69 Å². The largest absolute Gasteiger partial charge is 0.485 e. The Kier molecular flexibility index (Phi) is 5.26. The molecule has 0 aromatic heterocycles. The van der Waals surface area contributed by atoms with Crippen molar-refractivity contribution in [1.82, 2.24) is 9.80 Å². The molecule has 0 amide bonds. The zero-order valence-corrected chi connectivity index (χ0v) is 13.1. The van der Waals surface area contributed by atoms with Gasteiger partial charge >= 0.3 is 0 Å². The van der Waals surface area contributed by atoms with Crippen LogP contribution in [0.5, 0.6) is 5.75 Å². The number of nitrogens with zero attached hydrogens (tertiary/aromatic N) is 2. The molecule has 4 heteroatoms. The van der Waals surface area contributed by atoms with Crippen LogP contribution in [0.2, 0.25) is 0 Å². The topological polar surface area (TPSA) is 27.7 Å². The Morgan fingerprint density at radius 1 is 1.35 bits per heavy atom. The number of rotatable bonds is 6. The van der Waals surface area contributed by atoms with E-state index in [2.05, 4.69) is 49.1 Å². The summed E-state index contributed by atoms with van der Waals surface area (Å²) in [5.74, 6) is 0.972. The summed E-state index contributed by atoms with van der Waals surface area (Å²) in [7, 11) is 4.25. The second kappa shape index (κ2) is 6.95. The average molecular weight is 277 g/mol. The Morgan fingerprint density at radius 2 is 2.10 bits per heavy atom. The van der Waals surface area contributed by atoms with Crippen molar-refractivity contribution in [3.8, 4) is 5.75 Å². The molecule has 2 rings (SSSR count). The van der Waals surface area contributed by atoms with E-state index in [9.17, 15) is 0 Å². The highest BCUT2D eigenvalue weighted by atomic mass is 16.5. The smallest absolute Gasteiger partial charge is 0.142 e. The molecule has 1 aromatic rings. The van der Waals surface area contributed by atoms with E-state index in [1.54, 1.807) is 0 Å². The van der Waals surface area contributed by atoms with Gasteiger partial charge in [-0.2, -0.15) is 0 Å². The lowest BCUT2D eigenvalue weighted by Gasteiger charge is -2.35. The van der Waals surface area contributed by atoms with Crippen LogP contribution in [0.25, 0.3) is 0 Å². The number of nitrogens with one attached hydrogen (secondary N) is 1. The molecule has 112 valence electrons. The molecular formula is C16H27N3O. The van der Waals surface area contributed by atoms with Crippen LogP contribution in [0.4, 0.5) is 5.69 Å². The molecular weight excluding hydrogens is 250 g/mol. The fourth-order valence-electron chi connectivity index (χ4n) is 2.79. The van der Waals surface area contributed by atoms with Crippen molar-refractivity contribution in [2.75, 3.05) is 45.6 Å². The SMILES string of the molecule is CCN(CC1CNc2ccccc2O1)C(C)CN(C)C. The normalized spacial score (nSPS) is 19.4. The number of likely N-dealkylation sites (N-methyl/N-ethyl adjacent to an activating group) is 2. The second-order valence-corrected chi connectivity index (χ2v) is 5.82. The minimum atomic E-state index is 0.217. The monoisotopic (exact) mass is 277 g/mol. The van der Waals surface area contributed by atoms with Crippen LogP contribution >= 0.6 is 0 Å². The van der Waals surface area contributed by atoms with Gasteiger partial charge in [0.2, 0.25) is 0 Å². The molecule has 0 saturated carbocycles. The predicted octanol–water partition coefficient (Wildman–Crippen LogP) is 2.13. The van der Waals surface area contributed by atoms with Crippen LogP contribution in [0.15, 0.2) is 24.3 Å². The number of benzene rings is 1. The molecule has 2 atom stereocenters. The summed E-state index contributed by atoms with van der Waals surface area (Å²) >= 11 is 0. The molecule has 0 spiro atoms. The van der Waals surface area contributed by atoms with Gasteiger partial charge in [-0.25, -0.2) is 0 Å². The zero-order valence-electron chi connectivity index (χ0n) is 13.1. The van der Waals surface area contributed by atoms with E-state index in [0.717, 1.165) is 37.6 Å². The van der Waals surface area contributed by atoms with Gasteiger partial charge in [0.1, 0.15) is 11.9 Å². The van der Waals surface area contributed by atoms with Gasteiger partial charge in [-0.15, -0.1) is 0 Å². The summed E-state index contributed by atoms with van der Waals surface area (Å²) in [6.45, 7) is 8.47. The summed E-state index contributed by atoms with van der Waals surface area (Å²) in [5.41, 5.74) is 1.10. The molecule has 1 aliphatic rings. The molecule has 1 heterocycles. The number of fused-ring (bicyclic) bond motifs is 1. The van der Waals surface area contributed by atoms with Crippen molar-refractivity contribution in [1.29, 1.82) is 0 Å². The average Bonchev–Trinajstić information content (AvgIpc) is 2.43. The maximum atomic E-state index is 6.10. The van der Waals surface area contributed by atoms with Crippen molar-refractivity contribution in [3.63, 3.8) is 0 Å². The second-order valence-electron chi connectivity index (χ2n) is 5.82. The number of ether oxygens (including phenoxy) is 1. The maximum Gasteiger partial charge on any atom is 0.142 e. The van der Waals surface area contributed by atoms with Crippen LogP contribution in [-0.4, -0.2) is 62.2 Å². The first-order valence-electron chi connectivity index (χ1n) is 7.48. The number of hydrogen-bond acceptors (Lipinski definition) is 4. The third-order valence-corrected chi connectivity index (χ3v) is 3.80. The Labute approximate surface area is 122 Å². The minimum absolute atomic E-state index is 0.217. The van der Waals surface area contributed by atoms with E-state index in [1.807, 2.05) is 18.2 Å². The van der Waals surface area contributed by atoms with E-state index < -0.39 is 0 Å². The van der Waals surface area contributed by atoms with Crippen LogP contribution in [0.3, 0.4) is 0 Å². The van der Waals surface area contributed by atoms with Crippen molar-refractivity contribution in [2.24, 2.45) is 0 Å². The molecule has 4 nitrogen and oxygen atoms in total. The number of hydrogen-bond donors (Lipinski definition) is 1.